The minimum Gasteiger partial charge on any atom is -0.480 e. The molecule has 162 valence electrons. The number of anilines is 1. The van der Waals surface area contributed by atoms with Crippen molar-refractivity contribution in [3.63, 3.8) is 0 Å². The van der Waals surface area contributed by atoms with Crippen LogP contribution in [-0.2, 0) is 15.8 Å². The molecule has 0 spiro atoms. The van der Waals surface area contributed by atoms with Crippen LogP contribution in [0.2, 0.25) is 0 Å². The molecule has 0 heterocycles. The fourth-order valence-electron chi connectivity index (χ4n) is 2.59. The Hall–Kier alpha value is -2.78. The Morgan fingerprint density at radius 1 is 1.03 bits per heavy atom. The molecule has 0 fully saturated rings. The lowest BCUT2D eigenvalue weighted by atomic mass is 10.0. The third kappa shape index (κ3) is 8.41. The van der Waals surface area contributed by atoms with Crippen LogP contribution in [0.25, 0.3) is 0 Å². The Labute approximate surface area is 167 Å². The van der Waals surface area contributed by atoms with Crippen molar-refractivity contribution in [3.8, 4) is 0 Å². The molecule has 1 aromatic carbocycles. The van der Waals surface area contributed by atoms with Crippen molar-refractivity contribution < 1.29 is 32.7 Å². The molecule has 4 N–H and O–H groups in total. The van der Waals surface area contributed by atoms with Crippen LogP contribution < -0.4 is 16.0 Å². The van der Waals surface area contributed by atoms with Crippen molar-refractivity contribution in [2.75, 3.05) is 5.32 Å². The zero-order valence-electron chi connectivity index (χ0n) is 16.5. The molecule has 2 atom stereocenters. The Morgan fingerprint density at radius 2 is 1.62 bits per heavy atom. The molecule has 1 unspecified atom stereocenters. The summed E-state index contributed by atoms with van der Waals surface area (Å²) in [5.41, 5.74) is -0.732. The Bertz CT molecular complexity index is 706. The van der Waals surface area contributed by atoms with E-state index in [2.05, 4.69) is 16.0 Å². The first-order valence-corrected chi connectivity index (χ1v) is 9.22. The van der Waals surface area contributed by atoms with Crippen molar-refractivity contribution in [2.45, 2.75) is 58.3 Å². The third-order valence-electron chi connectivity index (χ3n) is 3.99. The van der Waals surface area contributed by atoms with Gasteiger partial charge >= 0.3 is 18.2 Å². The zero-order valence-corrected chi connectivity index (χ0v) is 16.5. The Morgan fingerprint density at radius 3 is 2.07 bits per heavy atom. The first-order valence-electron chi connectivity index (χ1n) is 9.22. The van der Waals surface area contributed by atoms with E-state index in [-0.39, 0.29) is 24.4 Å². The Balaban J connectivity index is 2.79. The molecule has 0 saturated heterocycles. The van der Waals surface area contributed by atoms with Gasteiger partial charge in [-0.2, -0.15) is 13.2 Å². The minimum absolute atomic E-state index is 0.0200. The predicted molar refractivity (Wildman–Crippen MR) is 101 cm³/mol. The summed E-state index contributed by atoms with van der Waals surface area (Å²) in [6.07, 6.45) is -3.44. The average molecular weight is 417 g/mol. The molecule has 0 saturated carbocycles. The molecule has 3 amide bonds. The summed E-state index contributed by atoms with van der Waals surface area (Å²) in [4.78, 5) is 35.9. The minimum atomic E-state index is -4.49. The van der Waals surface area contributed by atoms with E-state index in [1.807, 2.05) is 13.8 Å². The molecular formula is C19H26F3N3O4. The number of alkyl halides is 3. The van der Waals surface area contributed by atoms with Crippen LogP contribution in [-0.4, -0.2) is 35.1 Å². The van der Waals surface area contributed by atoms with Crippen LogP contribution >= 0.6 is 0 Å². The van der Waals surface area contributed by atoms with Gasteiger partial charge in [0.1, 0.15) is 12.1 Å². The van der Waals surface area contributed by atoms with Gasteiger partial charge in [0.05, 0.1) is 5.56 Å². The van der Waals surface area contributed by atoms with Gasteiger partial charge in [0.25, 0.3) is 0 Å². The standard InChI is InChI=1S/C19H26F3N3O4/c1-4-5-14(17(27)28)24-16(26)15(10-11(2)3)25-18(29)23-13-8-6-12(7-9-13)19(20,21)22/h6-9,11,14-15H,4-5,10H2,1-3H3,(H,24,26)(H,27,28)(H2,23,25,29)/t14?,15-/m0/s1. The smallest absolute Gasteiger partial charge is 0.416 e. The van der Waals surface area contributed by atoms with Gasteiger partial charge in [-0.05, 0) is 43.0 Å². The molecule has 0 aliphatic rings. The maximum atomic E-state index is 12.6. The summed E-state index contributed by atoms with van der Waals surface area (Å²) in [5.74, 6) is -1.79. The topological polar surface area (TPSA) is 108 Å². The number of rotatable bonds is 9. The highest BCUT2D eigenvalue weighted by atomic mass is 19.4. The number of hydrogen-bond acceptors (Lipinski definition) is 3. The molecule has 7 nitrogen and oxygen atoms in total. The van der Waals surface area contributed by atoms with Crippen LogP contribution in [0.15, 0.2) is 24.3 Å². The summed E-state index contributed by atoms with van der Waals surface area (Å²) >= 11 is 0. The third-order valence-corrected chi connectivity index (χ3v) is 3.99. The summed E-state index contributed by atoms with van der Waals surface area (Å²) in [6, 6.07) is 1.01. The maximum absolute atomic E-state index is 12.6. The molecule has 0 aliphatic carbocycles. The van der Waals surface area contributed by atoms with Gasteiger partial charge in [0.2, 0.25) is 5.91 Å². The maximum Gasteiger partial charge on any atom is 0.416 e. The van der Waals surface area contributed by atoms with Crippen molar-refractivity contribution >= 4 is 23.6 Å². The molecule has 0 radical (unpaired) electrons. The van der Waals surface area contributed by atoms with E-state index in [1.165, 1.54) is 0 Å². The van der Waals surface area contributed by atoms with E-state index >= 15 is 0 Å². The molecule has 10 heteroatoms. The number of carboxylic acid groups (broad SMARTS) is 1. The van der Waals surface area contributed by atoms with Crippen molar-refractivity contribution in [1.82, 2.24) is 10.6 Å². The van der Waals surface area contributed by atoms with E-state index in [9.17, 15) is 32.7 Å². The molecule has 0 bridgehead atoms. The molecular weight excluding hydrogens is 391 g/mol. The van der Waals surface area contributed by atoms with E-state index in [0.717, 1.165) is 24.3 Å². The summed E-state index contributed by atoms with van der Waals surface area (Å²) in [6.45, 7) is 5.44. The van der Waals surface area contributed by atoms with E-state index in [4.69, 9.17) is 0 Å². The van der Waals surface area contributed by atoms with Gasteiger partial charge in [-0.1, -0.05) is 27.2 Å². The predicted octanol–water partition coefficient (Wildman–Crippen LogP) is 3.61. The lowest BCUT2D eigenvalue weighted by Crippen LogP contribution is -2.52. The fourth-order valence-corrected chi connectivity index (χ4v) is 2.59. The number of halogens is 3. The van der Waals surface area contributed by atoms with Gasteiger partial charge in [-0.3, -0.25) is 4.79 Å². The van der Waals surface area contributed by atoms with Crippen LogP contribution in [0.5, 0.6) is 0 Å². The van der Waals surface area contributed by atoms with Gasteiger partial charge in [-0.15, -0.1) is 0 Å². The highest BCUT2D eigenvalue weighted by Gasteiger charge is 2.30. The average Bonchev–Trinajstić information content (AvgIpc) is 2.59. The number of amides is 3. The van der Waals surface area contributed by atoms with Gasteiger partial charge in [-0.25, -0.2) is 9.59 Å². The second-order valence-electron chi connectivity index (χ2n) is 7.04. The summed E-state index contributed by atoms with van der Waals surface area (Å²) in [7, 11) is 0. The number of carboxylic acids is 1. The fraction of sp³-hybridized carbons (Fsp3) is 0.526. The number of urea groups is 1. The highest BCUT2D eigenvalue weighted by Crippen LogP contribution is 2.29. The van der Waals surface area contributed by atoms with Crippen LogP contribution in [0, 0.1) is 5.92 Å². The number of nitrogens with one attached hydrogen (secondary N) is 3. The molecule has 29 heavy (non-hydrogen) atoms. The lowest BCUT2D eigenvalue weighted by Gasteiger charge is -2.22. The normalized spacial score (nSPS) is 13.5. The molecule has 0 aromatic heterocycles. The Kier molecular flexibility index (Phi) is 8.93. The van der Waals surface area contributed by atoms with E-state index < -0.39 is 41.7 Å². The summed E-state index contributed by atoms with van der Waals surface area (Å²) < 4.78 is 37.8. The van der Waals surface area contributed by atoms with Crippen molar-refractivity contribution in [2.24, 2.45) is 5.92 Å². The largest absolute Gasteiger partial charge is 0.480 e. The van der Waals surface area contributed by atoms with Crippen LogP contribution in [0.4, 0.5) is 23.7 Å². The van der Waals surface area contributed by atoms with Crippen LogP contribution in [0.1, 0.15) is 45.6 Å². The second-order valence-corrected chi connectivity index (χ2v) is 7.04. The van der Waals surface area contributed by atoms with Gasteiger partial charge in [0.15, 0.2) is 0 Å². The van der Waals surface area contributed by atoms with Gasteiger partial charge in [0, 0.05) is 5.69 Å². The number of aliphatic carboxylic acids is 1. The monoisotopic (exact) mass is 417 g/mol. The van der Waals surface area contributed by atoms with E-state index in [1.54, 1.807) is 6.92 Å². The van der Waals surface area contributed by atoms with E-state index in [0.29, 0.717) is 6.42 Å². The number of hydrogen-bond donors (Lipinski definition) is 4. The molecule has 1 aromatic rings. The molecule has 0 aliphatic heterocycles. The number of benzene rings is 1. The highest BCUT2D eigenvalue weighted by molar-refractivity contribution is 5.94. The quantitative estimate of drug-likeness (QED) is 0.492. The number of carbonyl (C=O) groups is 3. The van der Waals surface area contributed by atoms with Crippen molar-refractivity contribution in [1.29, 1.82) is 0 Å². The zero-order chi connectivity index (χ0) is 22.2. The second kappa shape index (κ2) is 10.7. The van der Waals surface area contributed by atoms with Gasteiger partial charge < -0.3 is 21.1 Å². The first-order chi connectivity index (χ1) is 13.4. The number of carbonyl (C=O) groups excluding carboxylic acids is 2. The first kappa shape index (κ1) is 24.3. The lowest BCUT2D eigenvalue weighted by molar-refractivity contribution is -0.142. The van der Waals surface area contributed by atoms with Crippen molar-refractivity contribution in [3.05, 3.63) is 29.8 Å². The molecule has 1 rings (SSSR count). The van der Waals surface area contributed by atoms with Crippen LogP contribution in [0.3, 0.4) is 0 Å². The SMILES string of the molecule is CCCC(NC(=O)[C@H](CC(C)C)NC(=O)Nc1ccc(C(F)(F)F)cc1)C(=O)O. The summed E-state index contributed by atoms with van der Waals surface area (Å²) in [5, 5.41) is 16.4.